The summed E-state index contributed by atoms with van der Waals surface area (Å²) in [6.45, 7) is 0. The topological polar surface area (TPSA) is 36.7 Å². The summed E-state index contributed by atoms with van der Waals surface area (Å²) in [5.74, 6) is 0. The van der Waals surface area contributed by atoms with Gasteiger partial charge in [-0.3, -0.25) is 0 Å². The van der Waals surface area contributed by atoms with E-state index in [1.165, 1.54) is 43.4 Å². The van der Waals surface area contributed by atoms with Crippen LogP contribution < -0.4 is 0 Å². The lowest BCUT2D eigenvalue weighted by atomic mass is 9.92. The van der Waals surface area contributed by atoms with Crippen LogP contribution in [0.4, 0.5) is 0 Å². The van der Waals surface area contributed by atoms with Gasteiger partial charge < -0.3 is 0 Å². The zero-order valence-corrected chi connectivity index (χ0v) is 17.3. The molecule has 2 heteroatoms. The van der Waals surface area contributed by atoms with Crippen LogP contribution in [0, 0.1) is 11.3 Å². The molecule has 32 heavy (non-hydrogen) atoms. The average molecular weight is 406 g/mol. The molecule has 0 spiro atoms. The quantitative estimate of drug-likeness (QED) is 0.276. The number of pyridine rings is 1. The lowest BCUT2D eigenvalue weighted by Gasteiger charge is -2.12. The highest BCUT2D eigenvalue weighted by Gasteiger charge is 2.09. The predicted molar refractivity (Wildman–Crippen MR) is 132 cm³/mol. The molecule has 0 N–H and O–H groups in total. The summed E-state index contributed by atoms with van der Waals surface area (Å²) >= 11 is 0. The van der Waals surface area contributed by atoms with Gasteiger partial charge in [-0.2, -0.15) is 5.26 Å². The van der Waals surface area contributed by atoms with E-state index >= 15 is 0 Å². The summed E-state index contributed by atoms with van der Waals surface area (Å²) in [6, 6.07) is 38.4. The second-order valence-corrected chi connectivity index (χ2v) is 7.97. The molecular formula is C30H18N2. The summed E-state index contributed by atoms with van der Waals surface area (Å²) in [4.78, 5) is 4.06. The highest BCUT2D eigenvalue weighted by atomic mass is 14.7. The molecule has 0 radical (unpaired) electrons. The van der Waals surface area contributed by atoms with E-state index in [0.29, 0.717) is 5.69 Å². The maximum Gasteiger partial charge on any atom is 0.141 e. The van der Waals surface area contributed by atoms with Crippen LogP contribution >= 0.6 is 0 Å². The smallest absolute Gasteiger partial charge is 0.141 e. The Hall–Kier alpha value is -4.48. The third-order valence-corrected chi connectivity index (χ3v) is 6.17. The third kappa shape index (κ3) is 2.92. The normalized spacial score (nSPS) is 11.1. The van der Waals surface area contributed by atoms with Crippen molar-refractivity contribution in [1.82, 2.24) is 4.98 Å². The molecular weight excluding hydrogens is 388 g/mol. The van der Waals surface area contributed by atoms with Gasteiger partial charge in [0.15, 0.2) is 0 Å². The van der Waals surface area contributed by atoms with Crippen molar-refractivity contribution >= 4 is 32.3 Å². The lowest BCUT2D eigenvalue weighted by molar-refractivity contribution is 1.26. The maximum atomic E-state index is 9.12. The highest BCUT2D eigenvalue weighted by molar-refractivity contribution is 6.25. The summed E-state index contributed by atoms with van der Waals surface area (Å²) in [7, 11) is 0. The van der Waals surface area contributed by atoms with E-state index in [4.69, 9.17) is 5.26 Å². The Bertz CT molecular complexity index is 1640. The number of nitrogens with zero attached hydrogens (tertiary/aromatic N) is 2. The number of fused-ring (bicyclic) bond motifs is 6. The Labute approximate surface area is 186 Å². The zero-order valence-electron chi connectivity index (χ0n) is 17.3. The molecule has 2 nitrogen and oxygen atoms in total. The minimum atomic E-state index is 0.431. The van der Waals surface area contributed by atoms with Crippen molar-refractivity contribution in [3.63, 3.8) is 0 Å². The molecule has 148 valence electrons. The van der Waals surface area contributed by atoms with Gasteiger partial charge in [0, 0.05) is 6.20 Å². The van der Waals surface area contributed by atoms with Crippen LogP contribution in [0.2, 0.25) is 0 Å². The van der Waals surface area contributed by atoms with Gasteiger partial charge in [0.05, 0.1) is 0 Å². The molecule has 0 amide bonds. The fraction of sp³-hybridized carbons (Fsp3) is 0. The van der Waals surface area contributed by atoms with E-state index in [0.717, 1.165) is 11.1 Å². The Balaban J connectivity index is 1.51. The van der Waals surface area contributed by atoms with Gasteiger partial charge >= 0.3 is 0 Å². The summed E-state index contributed by atoms with van der Waals surface area (Å²) in [6.07, 6.45) is 1.68. The number of aromatic nitrogens is 1. The second-order valence-electron chi connectivity index (χ2n) is 7.97. The average Bonchev–Trinajstić information content (AvgIpc) is 2.89. The number of rotatable bonds is 2. The standard InChI is InChI=1S/C30H18N2/c31-19-24-17-23(15-16-32-24)21-11-9-20(10-12-21)22-13-14-29-27-7-2-1-5-25(27)26-6-3-4-8-28(26)30(29)18-22/h1-18H. The highest BCUT2D eigenvalue weighted by Crippen LogP contribution is 2.37. The van der Waals surface area contributed by atoms with Crippen LogP contribution in [-0.4, -0.2) is 4.98 Å². The summed E-state index contributed by atoms with van der Waals surface area (Å²) in [5.41, 5.74) is 4.86. The molecule has 0 aliphatic heterocycles. The summed E-state index contributed by atoms with van der Waals surface area (Å²) in [5, 5.41) is 16.8. The van der Waals surface area contributed by atoms with Crippen LogP contribution in [0.5, 0.6) is 0 Å². The van der Waals surface area contributed by atoms with Gasteiger partial charge in [-0.05, 0) is 72.8 Å². The van der Waals surface area contributed by atoms with Gasteiger partial charge in [0.1, 0.15) is 11.8 Å². The van der Waals surface area contributed by atoms with E-state index in [9.17, 15) is 0 Å². The second kappa shape index (κ2) is 7.34. The summed E-state index contributed by atoms with van der Waals surface area (Å²) < 4.78 is 0. The van der Waals surface area contributed by atoms with Crippen LogP contribution in [-0.2, 0) is 0 Å². The van der Waals surface area contributed by atoms with Crippen LogP contribution in [0.1, 0.15) is 5.69 Å². The molecule has 5 aromatic carbocycles. The van der Waals surface area contributed by atoms with Crippen LogP contribution in [0.25, 0.3) is 54.6 Å². The van der Waals surface area contributed by atoms with Crippen molar-refractivity contribution in [2.24, 2.45) is 0 Å². The van der Waals surface area contributed by atoms with E-state index < -0.39 is 0 Å². The predicted octanol–water partition coefficient (Wildman–Crippen LogP) is 7.75. The molecule has 0 atom stereocenters. The van der Waals surface area contributed by atoms with Crippen LogP contribution in [0.3, 0.4) is 0 Å². The van der Waals surface area contributed by atoms with Crippen LogP contribution in [0.15, 0.2) is 109 Å². The van der Waals surface area contributed by atoms with Crippen molar-refractivity contribution in [2.75, 3.05) is 0 Å². The molecule has 0 fully saturated rings. The molecule has 0 saturated heterocycles. The van der Waals surface area contributed by atoms with Crippen molar-refractivity contribution in [1.29, 1.82) is 5.26 Å². The molecule has 0 saturated carbocycles. The number of nitriles is 1. The molecule has 6 rings (SSSR count). The van der Waals surface area contributed by atoms with Gasteiger partial charge in [0.25, 0.3) is 0 Å². The van der Waals surface area contributed by atoms with Crippen molar-refractivity contribution < 1.29 is 0 Å². The Morgan fingerprint density at radius 2 is 0.938 bits per heavy atom. The molecule has 0 aliphatic rings. The fourth-order valence-electron chi connectivity index (χ4n) is 4.61. The number of hydrogen-bond donors (Lipinski definition) is 0. The molecule has 0 bridgehead atoms. The minimum Gasteiger partial charge on any atom is -0.246 e. The first-order chi connectivity index (χ1) is 15.8. The third-order valence-electron chi connectivity index (χ3n) is 6.17. The lowest BCUT2D eigenvalue weighted by Crippen LogP contribution is -1.86. The molecule has 0 unspecified atom stereocenters. The van der Waals surface area contributed by atoms with E-state index in [2.05, 4.69) is 102 Å². The monoisotopic (exact) mass is 406 g/mol. The molecule has 6 aromatic rings. The maximum absolute atomic E-state index is 9.12. The van der Waals surface area contributed by atoms with Gasteiger partial charge in [-0.25, -0.2) is 4.98 Å². The fourth-order valence-corrected chi connectivity index (χ4v) is 4.61. The van der Waals surface area contributed by atoms with Crippen molar-refractivity contribution in [2.45, 2.75) is 0 Å². The van der Waals surface area contributed by atoms with Crippen molar-refractivity contribution in [3.8, 4) is 28.3 Å². The van der Waals surface area contributed by atoms with Gasteiger partial charge in [-0.15, -0.1) is 0 Å². The molecule has 1 aromatic heterocycles. The first-order valence-corrected chi connectivity index (χ1v) is 10.6. The molecule has 1 heterocycles. The Morgan fingerprint density at radius 3 is 1.50 bits per heavy atom. The Kier molecular flexibility index (Phi) is 4.20. The zero-order chi connectivity index (χ0) is 21.5. The van der Waals surface area contributed by atoms with E-state index in [-0.39, 0.29) is 0 Å². The SMILES string of the molecule is N#Cc1cc(-c2ccc(-c3ccc4c5ccccc5c5ccccc5c4c3)cc2)ccn1. The van der Waals surface area contributed by atoms with Gasteiger partial charge in [-0.1, -0.05) is 84.9 Å². The number of hydrogen-bond acceptors (Lipinski definition) is 2. The number of benzene rings is 5. The first kappa shape index (κ1) is 18.3. The minimum absolute atomic E-state index is 0.431. The Morgan fingerprint density at radius 1 is 0.469 bits per heavy atom. The van der Waals surface area contributed by atoms with Gasteiger partial charge in [0.2, 0.25) is 0 Å². The molecule has 0 aliphatic carbocycles. The largest absolute Gasteiger partial charge is 0.246 e. The van der Waals surface area contributed by atoms with Crippen molar-refractivity contribution in [3.05, 3.63) is 115 Å². The van der Waals surface area contributed by atoms with E-state index in [1.54, 1.807) is 6.20 Å². The first-order valence-electron chi connectivity index (χ1n) is 10.6. The van der Waals surface area contributed by atoms with E-state index in [1.807, 2.05) is 12.1 Å².